The lowest BCUT2D eigenvalue weighted by Gasteiger charge is -2.20. The maximum absolute atomic E-state index is 12.8. The number of aryl methyl sites for hydroxylation is 1. The molecule has 0 atom stereocenters. The number of benzene rings is 3. The van der Waals surface area contributed by atoms with Crippen LogP contribution in [0.5, 0.6) is 11.5 Å². The first-order valence-electron chi connectivity index (χ1n) is 7.97. The molecular weight excluding hydrogens is 314 g/mol. The highest BCUT2D eigenvalue weighted by atomic mass is 16.5. The minimum absolute atomic E-state index is 0.326. The van der Waals surface area contributed by atoms with Gasteiger partial charge in [-0.15, -0.1) is 0 Å². The van der Waals surface area contributed by atoms with E-state index in [-0.39, 0.29) is 11.8 Å². The minimum Gasteiger partial charge on any atom is -0.455 e. The number of fused-ring (bicyclic) bond motifs is 1. The Kier molecular flexibility index (Phi) is 3.58. The van der Waals surface area contributed by atoms with Crippen LogP contribution in [0.2, 0.25) is 0 Å². The molecule has 0 unspecified atom stereocenters. The number of anilines is 1. The highest BCUT2D eigenvalue weighted by Gasteiger charge is 2.38. The van der Waals surface area contributed by atoms with Gasteiger partial charge in [0.2, 0.25) is 0 Å². The molecule has 0 N–H and O–H groups in total. The van der Waals surface area contributed by atoms with Gasteiger partial charge in [-0.25, -0.2) is 4.90 Å². The van der Waals surface area contributed by atoms with Gasteiger partial charge in [0.1, 0.15) is 5.75 Å². The van der Waals surface area contributed by atoms with Gasteiger partial charge in [-0.3, -0.25) is 9.59 Å². The Morgan fingerprint density at radius 2 is 1.32 bits per heavy atom. The Balaban J connectivity index is 1.81. The Hall–Kier alpha value is -3.40. The van der Waals surface area contributed by atoms with E-state index >= 15 is 0 Å². The van der Waals surface area contributed by atoms with E-state index in [0.717, 1.165) is 5.56 Å². The summed E-state index contributed by atoms with van der Waals surface area (Å²) in [7, 11) is 0. The van der Waals surface area contributed by atoms with E-state index in [1.807, 2.05) is 49.4 Å². The highest BCUT2D eigenvalue weighted by molar-refractivity contribution is 6.35. The standard InChI is InChI=1S/C21H15NO3/c1-14-8-7-13-18(25-15-9-3-2-4-10-15)19(14)22-20(23)16-11-5-6-12-17(16)21(22)24/h2-13H,1H3. The molecule has 0 saturated heterocycles. The summed E-state index contributed by atoms with van der Waals surface area (Å²) in [5.74, 6) is 0.465. The molecule has 25 heavy (non-hydrogen) atoms. The van der Waals surface area contributed by atoms with Crippen LogP contribution in [-0.4, -0.2) is 11.8 Å². The van der Waals surface area contributed by atoms with Crippen molar-refractivity contribution in [3.8, 4) is 11.5 Å². The normalized spacial score (nSPS) is 13.1. The predicted molar refractivity (Wildman–Crippen MR) is 95.3 cm³/mol. The van der Waals surface area contributed by atoms with E-state index in [1.54, 1.807) is 30.3 Å². The zero-order chi connectivity index (χ0) is 17.4. The van der Waals surface area contributed by atoms with E-state index < -0.39 is 0 Å². The first kappa shape index (κ1) is 15.1. The summed E-state index contributed by atoms with van der Waals surface area (Å²) in [6.07, 6.45) is 0. The topological polar surface area (TPSA) is 46.6 Å². The maximum atomic E-state index is 12.8. The molecule has 0 aromatic heterocycles. The summed E-state index contributed by atoms with van der Waals surface area (Å²) in [4.78, 5) is 26.8. The molecule has 0 aliphatic carbocycles. The summed E-state index contributed by atoms with van der Waals surface area (Å²) < 4.78 is 5.95. The van der Waals surface area contributed by atoms with Gasteiger partial charge in [0.25, 0.3) is 11.8 Å². The molecular formula is C21H15NO3. The lowest BCUT2D eigenvalue weighted by molar-refractivity contribution is 0.0925. The molecule has 4 heteroatoms. The summed E-state index contributed by atoms with van der Waals surface area (Å²) in [5, 5.41) is 0. The van der Waals surface area contributed by atoms with Crippen molar-refractivity contribution >= 4 is 17.5 Å². The van der Waals surface area contributed by atoms with Crippen LogP contribution in [0.4, 0.5) is 5.69 Å². The van der Waals surface area contributed by atoms with E-state index in [9.17, 15) is 9.59 Å². The highest BCUT2D eigenvalue weighted by Crippen LogP contribution is 2.39. The molecule has 0 spiro atoms. The van der Waals surface area contributed by atoms with Crippen LogP contribution in [0, 0.1) is 6.92 Å². The van der Waals surface area contributed by atoms with E-state index in [2.05, 4.69) is 0 Å². The number of hydrogen-bond donors (Lipinski definition) is 0. The molecule has 3 aromatic carbocycles. The van der Waals surface area contributed by atoms with Crippen molar-refractivity contribution in [2.24, 2.45) is 0 Å². The smallest absolute Gasteiger partial charge is 0.266 e. The van der Waals surface area contributed by atoms with Crippen molar-refractivity contribution in [1.29, 1.82) is 0 Å². The molecule has 0 fully saturated rings. The maximum Gasteiger partial charge on any atom is 0.266 e. The number of rotatable bonds is 3. The second-order valence-electron chi connectivity index (χ2n) is 5.83. The fourth-order valence-corrected chi connectivity index (χ4v) is 3.01. The van der Waals surface area contributed by atoms with Crippen molar-refractivity contribution in [2.75, 3.05) is 4.90 Å². The first-order chi connectivity index (χ1) is 12.2. The van der Waals surface area contributed by atoms with Crippen molar-refractivity contribution in [1.82, 2.24) is 0 Å². The van der Waals surface area contributed by atoms with Crippen LogP contribution in [0.3, 0.4) is 0 Å². The zero-order valence-electron chi connectivity index (χ0n) is 13.6. The van der Waals surface area contributed by atoms with Crippen LogP contribution < -0.4 is 9.64 Å². The second kappa shape index (κ2) is 5.91. The Morgan fingerprint density at radius 1 is 0.720 bits per heavy atom. The predicted octanol–water partition coefficient (Wildman–Crippen LogP) is 4.59. The van der Waals surface area contributed by atoms with E-state index in [4.69, 9.17) is 4.74 Å². The molecule has 0 saturated carbocycles. The third-order valence-corrected chi connectivity index (χ3v) is 4.19. The van der Waals surface area contributed by atoms with Gasteiger partial charge in [0, 0.05) is 0 Å². The molecule has 122 valence electrons. The SMILES string of the molecule is Cc1cccc(Oc2ccccc2)c1N1C(=O)c2ccccc2C1=O. The average molecular weight is 329 g/mol. The Labute approximate surface area is 145 Å². The first-order valence-corrected chi connectivity index (χ1v) is 7.97. The number of carbonyl (C=O) groups excluding carboxylic acids is 2. The van der Waals surface area contributed by atoms with Crippen LogP contribution in [0.1, 0.15) is 26.3 Å². The third kappa shape index (κ3) is 2.48. The number of carbonyl (C=O) groups is 2. The number of ether oxygens (including phenoxy) is 1. The fourth-order valence-electron chi connectivity index (χ4n) is 3.01. The lowest BCUT2D eigenvalue weighted by atomic mass is 10.1. The number of para-hydroxylation sites is 2. The molecule has 0 bridgehead atoms. The van der Waals surface area contributed by atoms with Crippen LogP contribution in [0.15, 0.2) is 72.8 Å². The largest absolute Gasteiger partial charge is 0.455 e. The van der Waals surface area contributed by atoms with Crippen LogP contribution in [-0.2, 0) is 0 Å². The lowest BCUT2D eigenvalue weighted by Crippen LogP contribution is -2.30. The van der Waals surface area contributed by atoms with Crippen molar-refractivity contribution in [3.63, 3.8) is 0 Å². The number of amides is 2. The third-order valence-electron chi connectivity index (χ3n) is 4.19. The van der Waals surface area contributed by atoms with Gasteiger partial charge in [0.05, 0.1) is 16.8 Å². The van der Waals surface area contributed by atoms with Gasteiger partial charge < -0.3 is 4.74 Å². The summed E-state index contributed by atoms with van der Waals surface area (Å²) in [5.41, 5.74) is 2.11. The Morgan fingerprint density at radius 3 is 1.96 bits per heavy atom. The summed E-state index contributed by atoms with van der Waals surface area (Å²) >= 11 is 0. The minimum atomic E-state index is -0.326. The van der Waals surface area contributed by atoms with Gasteiger partial charge >= 0.3 is 0 Å². The van der Waals surface area contributed by atoms with Crippen molar-refractivity contribution in [2.45, 2.75) is 6.92 Å². The summed E-state index contributed by atoms with van der Waals surface area (Å²) in [6, 6.07) is 21.6. The number of nitrogens with zero attached hydrogens (tertiary/aromatic N) is 1. The average Bonchev–Trinajstić information content (AvgIpc) is 2.88. The fraction of sp³-hybridized carbons (Fsp3) is 0.0476. The molecule has 0 radical (unpaired) electrons. The Bertz CT molecular complexity index is 944. The van der Waals surface area contributed by atoms with E-state index in [1.165, 1.54) is 4.90 Å². The number of imide groups is 1. The quantitative estimate of drug-likeness (QED) is 0.660. The van der Waals surface area contributed by atoms with Gasteiger partial charge in [0.15, 0.2) is 5.75 Å². The molecule has 4 rings (SSSR count). The van der Waals surface area contributed by atoms with Gasteiger partial charge in [-0.1, -0.05) is 42.5 Å². The van der Waals surface area contributed by atoms with Gasteiger partial charge in [-0.2, -0.15) is 0 Å². The molecule has 1 aliphatic rings. The summed E-state index contributed by atoms with van der Waals surface area (Å²) in [6.45, 7) is 1.86. The molecule has 1 aliphatic heterocycles. The molecule has 4 nitrogen and oxygen atoms in total. The molecule has 1 heterocycles. The van der Waals surface area contributed by atoms with Crippen LogP contribution >= 0.6 is 0 Å². The van der Waals surface area contributed by atoms with Crippen molar-refractivity contribution in [3.05, 3.63) is 89.5 Å². The second-order valence-corrected chi connectivity index (χ2v) is 5.83. The van der Waals surface area contributed by atoms with Crippen molar-refractivity contribution < 1.29 is 14.3 Å². The van der Waals surface area contributed by atoms with E-state index in [0.29, 0.717) is 28.3 Å². The number of hydrogen-bond acceptors (Lipinski definition) is 3. The monoisotopic (exact) mass is 329 g/mol. The van der Waals surface area contributed by atoms with Crippen LogP contribution in [0.25, 0.3) is 0 Å². The zero-order valence-corrected chi connectivity index (χ0v) is 13.6. The molecule has 3 aromatic rings. The molecule has 2 amide bonds. The van der Waals surface area contributed by atoms with Gasteiger partial charge in [-0.05, 0) is 42.8 Å².